The SMILES string of the molecule is C[Si](C)(C)CCOCOc1cc(COC2CN(C(=O)O)CCC2c2ccc(OCCCOCc3ccccc3)cc2)cc2ccccc12. The number of hydrogen-bond donors (Lipinski definition) is 1. The van der Waals surface area contributed by atoms with Gasteiger partial charge in [0.25, 0.3) is 0 Å². The van der Waals surface area contributed by atoms with Crippen LogP contribution in [0.2, 0.25) is 25.7 Å². The molecule has 4 aromatic rings. The van der Waals surface area contributed by atoms with Crippen molar-refractivity contribution in [1.29, 1.82) is 0 Å². The first kappa shape index (κ1) is 35.4. The third-order valence-corrected chi connectivity index (χ3v) is 10.3. The number of carbonyl (C=O) groups is 1. The van der Waals surface area contributed by atoms with Crippen LogP contribution in [0, 0.1) is 0 Å². The lowest BCUT2D eigenvalue weighted by Gasteiger charge is -2.37. The van der Waals surface area contributed by atoms with Crippen molar-refractivity contribution in [3.63, 3.8) is 0 Å². The molecule has 2 unspecified atom stereocenters. The molecule has 1 fully saturated rings. The van der Waals surface area contributed by atoms with Crippen LogP contribution in [0.25, 0.3) is 10.8 Å². The van der Waals surface area contributed by atoms with E-state index in [4.69, 9.17) is 23.7 Å². The zero-order valence-electron chi connectivity index (χ0n) is 28.4. The van der Waals surface area contributed by atoms with Crippen LogP contribution in [0.4, 0.5) is 4.79 Å². The predicted octanol–water partition coefficient (Wildman–Crippen LogP) is 8.57. The Hall–Kier alpha value is -3.89. The van der Waals surface area contributed by atoms with Gasteiger partial charge in [-0.2, -0.15) is 0 Å². The number of amides is 1. The Morgan fingerprint density at radius 2 is 1.60 bits per heavy atom. The van der Waals surface area contributed by atoms with Gasteiger partial charge in [0.2, 0.25) is 0 Å². The van der Waals surface area contributed by atoms with E-state index in [0.717, 1.165) is 51.4 Å². The summed E-state index contributed by atoms with van der Waals surface area (Å²) >= 11 is 0. The first-order valence-corrected chi connectivity index (χ1v) is 20.6. The third-order valence-electron chi connectivity index (χ3n) is 8.59. The Kier molecular flexibility index (Phi) is 12.9. The van der Waals surface area contributed by atoms with Gasteiger partial charge in [0.1, 0.15) is 11.5 Å². The molecule has 0 spiro atoms. The standard InChI is InChI=1S/C39H49NO7Si/c1-48(2,3)23-22-44-29-47-37-25-31(24-33-12-7-8-13-35(33)37)28-46-38-26-40(39(41)42)19-18-36(38)32-14-16-34(17-15-32)45-21-9-20-43-27-30-10-5-4-6-11-30/h4-8,10-17,24-25,36,38H,9,18-23,26-29H2,1-3H3,(H,41,42). The highest BCUT2D eigenvalue weighted by molar-refractivity contribution is 6.76. The molecule has 1 heterocycles. The Labute approximate surface area is 285 Å². The lowest BCUT2D eigenvalue weighted by atomic mass is 9.87. The fourth-order valence-corrected chi connectivity index (χ4v) is 6.61. The Bertz CT molecular complexity index is 1580. The molecule has 0 aromatic heterocycles. The third kappa shape index (κ3) is 10.8. The molecule has 1 saturated heterocycles. The van der Waals surface area contributed by atoms with E-state index in [1.165, 1.54) is 4.90 Å². The topological polar surface area (TPSA) is 86.7 Å². The highest BCUT2D eigenvalue weighted by Gasteiger charge is 2.33. The second-order valence-corrected chi connectivity index (χ2v) is 19.2. The lowest BCUT2D eigenvalue weighted by molar-refractivity contribution is -0.0201. The molecule has 8 nitrogen and oxygen atoms in total. The molecule has 48 heavy (non-hydrogen) atoms. The van der Waals surface area contributed by atoms with Crippen LogP contribution >= 0.6 is 0 Å². The van der Waals surface area contributed by atoms with Crippen molar-refractivity contribution in [3.8, 4) is 11.5 Å². The van der Waals surface area contributed by atoms with Crippen LogP contribution < -0.4 is 9.47 Å². The van der Waals surface area contributed by atoms with Crippen LogP contribution in [0.1, 0.15) is 35.4 Å². The molecule has 1 aliphatic rings. The van der Waals surface area contributed by atoms with Gasteiger partial charge in [-0.15, -0.1) is 0 Å². The number of benzene rings is 4. The van der Waals surface area contributed by atoms with Gasteiger partial charge >= 0.3 is 6.09 Å². The highest BCUT2D eigenvalue weighted by Crippen LogP contribution is 2.34. The van der Waals surface area contributed by atoms with Crippen LogP contribution in [0.5, 0.6) is 11.5 Å². The first-order chi connectivity index (χ1) is 23.2. The van der Waals surface area contributed by atoms with Crippen molar-refractivity contribution < 1.29 is 33.6 Å². The number of hydrogen-bond acceptors (Lipinski definition) is 6. The van der Waals surface area contributed by atoms with E-state index in [2.05, 4.69) is 56.0 Å². The number of nitrogens with zero attached hydrogens (tertiary/aromatic N) is 1. The Morgan fingerprint density at radius 3 is 2.38 bits per heavy atom. The minimum atomic E-state index is -1.18. The molecular weight excluding hydrogens is 623 g/mol. The molecule has 1 amide bonds. The van der Waals surface area contributed by atoms with Crippen molar-refractivity contribution in [2.75, 3.05) is 39.7 Å². The fourth-order valence-electron chi connectivity index (χ4n) is 5.85. The predicted molar refractivity (Wildman–Crippen MR) is 192 cm³/mol. The van der Waals surface area contributed by atoms with Gasteiger partial charge in [0.15, 0.2) is 6.79 Å². The molecule has 0 saturated carbocycles. The first-order valence-electron chi connectivity index (χ1n) is 16.9. The van der Waals surface area contributed by atoms with Crippen LogP contribution in [-0.4, -0.2) is 70.0 Å². The highest BCUT2D eigenvalue weighted by atomic mass is 28.3. The summed E-state index contributed by atoms with van der Waals surface area (Å²) in [6, 6.07) is 31.6. The van der Waals surface area contributed by atoms with Gasteiger partial charge in [-0.05, 0) is 58.8 Å². The van der Waals surface area contributed by atoms with Crippen molar-refractivity contribution in [2.45, 2.75) is 63.8 Å². The minimum absolute atomic E-state index is 0.0528. The average Bonchev–Trinajstić information content (AvgIpc) is 3.08. The van der Waals surface area contributed by atoms with Gasteiger partial charge in [-0.25, -0.2) is 4.79 Å². The van der Waals surface area contributed by atoms with Gasteiger partial charge < -0.3 is 33.7 Å². The number of ether oxygens (including phenoxy) is 5. The van der Waals surface area contributed by atoms with Crippen LogP contribution in [0.15, 0.2) is 91.0 Å². The summed E-state index contributed by atoms with van der Waals surface area (Å²) < 4.78 is 30.2. The molecule has 0 aliphatic carbocycles. The molecular formula is C39H49NO7Si. The molecule has 1 N–H and O–H groups in total. The van der Waals surface area contributed by atoms with Gasteiger partial charge in [0, 0.05) is 39.0 Å². The number of likely N-dealkylation sites (tertiary alicyclic amines) is 1. The van der Waals surface area contributed by atoms with Crippen LogP contribution in [0.3, 0.4) is 0 Å². The summed E-state index contributed by atoms with van der Waals surface area (Å²) in [7, 11) is -1.18. The van der Waals surface area contributed by atoms with E-state index in [-0.39, 0.29) is 18.8 Å². The van der Waals surface area contributed by atoms with Crippen molar-refractivity contribution in [3.05, 3.63) is 108 Å². The van der Waals surface area contributed by atoms with E-state index in [1.807, 2.05) is 54.6 Å². The number of piperidine rings is 1. The zero-order valence-corrected chi connectivity index (χ0v) is 29.4. The maximum absolute atomic E-state index is 11.9. The van der Waals surface area contributed by atoms with E-state index in [1.54, 1.807) is 0 Å². The lowest BCUT2D eigenvalue weighted by Crippen LogP contribution is -2.46. The zero-order chi connectivity index (χ0) is 33.8. The van der Waals surface area contributed by atoms with Gasteiger partial charge in [-0.1, -0.05) is 86.4 Å². The molecule has 9 heteroatoms. The maximum atomic E-state index is 11.9. The minimum Gasteiger partial charge on any atom is -0.494 e. The quantitative estimate of drug-likeness (QED) is 0.0684. The summed E-state index contributed by atoms with van der Waals surface area (Å²) in [6.45, 7) is 10.8. The number of rotatable bonds is 17. The largest absolute Gasteiger partial charge is 0.494 e. The van der Waals surface area contributed by atoms with Crippen molar-refractivity contribution in [2.24, 2.45) is 0 Å². The van der Waals surface area contributed by atoms with Crippen LogP contribution in [-0.2, 0) is 27.4 Å². The fraction of sp³-hybridized carbons (Fsp3) is 0.410. The number of carboxylic acid groups (broad SMARTS) is 1. The summed E-state index contributed by atoms with van der Waals surface area (Å²) in [5.74, 6) is 1.61. The van der Waals surface area contributed by atoms with Crippen molar-refractivity contribution >= 4 is 24.9 Å². The monoisotopic (exact) mass is 671 g/mol. The summed E-state index contributed by atoms with van der Waals surface area (Å²) in [5.41, 5.74) is 3.24. The molecule has 256 valence electrons. The van der Waals surface area contributed by atoms with E-state index >= 15 is 0 Å². The summed E-state index contributed by atoms with van der Waals surface area (Å²) in [6.07, 6.45) is 0.250. The second kappa shape index (κ2) is 17.5. The smallest absolute Gasteiger partial charge is 0.407 e. The molecule has 1 aliphatic heterocycles. The molecule has 4 aromatic carbocycles. The molecule has 2 atom stereocenters. The number of fused-ring (bicyclic) bond motifs is 1. The summed E-state index contributed by atoms with van der Waals surface area (Å²) in [4.78, 5) is 13.4. The maximum Gasteiger partial charge on any atom is 0.407 e. The van der Waals surface area contributed by atoms with Crippen molar-refractivity contribution in [1.82, 2.24) is 4.90 Å². The van der Waals surface area contributed by atoms with E-state index in [9.17, 15) is 9.90 Å². The molecule has 5 rings (SSSR count). The normalized spacial score (nSPS) is 16.6. The summed E-state index contributed by atoms with van der Waals surface area (Å²) in [5, 5.41) is 11.8. The van der Waals surface area contributed by atoms with E-state index in [0.29, 0.717) is 52.5 Å². The Morgan fingerprint density at radius 1 is 0.833 bits per heavy atom. The molecule has 0 radical (unpaired) electrons. The van der Waals surface area contributed by atoms with E-state index < -0.39 is 14.2 Å². The average molecular weight is 672 g/mol. The Balaban J connectivity index is 1.17. The second-order valence-electron chi connectivity index (χ2n) is 13.6. The van der Waals surface area contributed by atoms with Gasteiger partial charge in [0.05, 0.1) is 39.1 Å². The molecule has 0 bridgehead atoms. The van der Waals surface area contributed by atoms with Gasteiger partial charge in [-0.3, -0.25) is 0 Å².